The Morgan fingerprint density at radius 3 is 1.68 bits per heavy atom. The lowest BCUT2D eigenvalue weighted by atomic mass is 9.93. The molecule has 0 saturated carbocycles. The van der Waals surface area contributed by atoms with Crippen molar-refractivity contribution in [3.8, 4) is 44.8 Å². The van der Waals surface area contributed by atoms with E-state index in [2.05, 4.69) is 187 Å². The van der Waals surface area contributed by atoms with Crippen LogP contribution < -0.4 is 0 Å². The van der Waals surface area contributed by atoms with E-state index < -0.39 is 0 Å². The maximum absolute atomic E-state index is 5.28. The molecule has 276 valence electrons. The van der Waals surface area contributed by atoms with Crippen LogP contribution in [0.3, 0.4) is 0 Å². The number of allylic oxidation sites excluding steroid dienone is 1. The van der Waals surface area contributed by atoms with E-state index >= 15 is 0 Å². The molecule has 5 heterocycles. The number of hydrogen-bond donors (Lipinski definition) is 0. The van der Waals surface area contributed by atoms with Crippen molar-refractivity contribution < 1.29 is 0 Å². The SMILES string of the molecule is CC1CC=Cc2c1sc1c(-c3ccc(-c4ccc5ccc6ccc(-c7ccc(-c8cc9c%10ccccc%10n%10c%11ccccc%11c(c8)c9%10)cc7)nc6c5n4)cc3)cccc21. The molecule has 1 unspecified atom stereocenters. The fourth-order valence-electron chi connectivity index (χ4n) is 9.78. The molecule has 0 saturated heterocycles. The highest BCUT2D eigenvalue weighted by atomic mass is 32.1. The topological polar surface area (TPSA) is 30.2 Å². The molecule has 1 aliphatic carbocycles. The number of nitrogens with zero attached hydrogens (tertiary/aromatic N) is 3. The Kier molecular flexibility index (Phi) is 6.93. The summed E-state index contributed by atoms with van der Waals surface area (Å²) in [6, 6.07) is 59.8. The highest BCUT2D eigenvalue weighted by Crippen LogP contribution is 2.45. The van der Waals surface area contributed by atoms with Gasteiger partial charge in [0.15, 0.2) is 0 Å². The molecule has 3 nitrogen and oxygen atoms in total. The van der Waals surface area contributed by atoms with Crippen LogP contribution in [0.5, 0.6) is 0 Å². The molecule has 0 radical (unpaired) electrons. The molecule has 1 aliphatic rings. The van der Waals surface area contributed by atoms with Gasteiger partial charge in [0, 0.05) is 58.4 Å². The molecule has 12 aromatic rings. The van der Waals surface area contributed by atoms with Crippen LogP contribution in [0.15, 0.2) is 170 Å². The van der Waals surface area contributed by atoms with Gasteiger partial charge in [-0.15, -0.1) is 11.3 Å². The minimum atomic E-state index is 0.567. The highest BCUT2D eigenvalue weighted by Gasteiger charge is 2.21. The van der Waals surface area contributed by atoms with E-state index in [0.29, 0.717) is 5.92 Å². The van der Waals surface area contributed by atoms with Gasteiger partial charge >= 0.3 is 0 Å². The molecule has 4 heteroatoms. The summed E-state index contributed by atoms with van der Waals surface area (Å²) in [6.45, 7) is 2.34. The van der Waals surface area contributed by atoms with Gasteiger partial charge in [-0.25, -0.2) is 9.97 Å². The quantitative estimate of drug-likeness (QED) is 0.167. The molecule has 5 aromatic heterocycles. The Hall–Kier alpha value is -7.14. The van der Waals surface area contributed by atoms with E-state index in [1.165, 1.54) is 80.9 Å². The number of pyridine rings is 2. The molecule has 0 bridgehead atoms. The van der Waals surface area contributed by atoms with Crippen molar-refractivity contribution in [1.29, 1.82) is 0 Å². The molecular formula is C55H35N3S. The van der Waals surface area contributed by atoms with Crippen molar-refractivity contribution in [3.63, 3.8) is 0 Å². The van der Waals surface area contributed by atoms with E-state index in [9.17, 15) is 0 Å². The smallest absolute Gasteiger partial charge is 0.0972 e. The van der Waals surface area contributed by atoms with Crippen LogP contribution in [0.25, 0.3) is 121 Å². The molecule has 0 spiro atoms. The zero-order chi connectivity index (χ0) is 38.8. The standard InChI is InChI=1S/C55H35N3S/c1-32-8-6-12-43-44-13-7-11-40(55(44)59-54(32)43)34-18-22-36(23-19-34)48-29-27-38-25-24-37-26-28-47(56-51(37)52(38)57-48)35-20-16-33(17-21-35)39-30-45-41-9-2-4-14-49(41)58-50-15-5-3-10-42(50)46(31-39)53(45)58/h2-7,9-32H,8H2,1H3. The van der Waals surface area contributed by atoms with Crippen molar-refractivity contribution in [1.82, 2.24) is 14.4 Å². The number of aromatic nitrogens is 3. The van der Waals surface area contributed by atoms with Crippen LogP contribution in [0.1, 0.15) is 29.7 Å². The second kappa shape index (κ2) is 12.4. The lowest BCUT2D eigenvalue weighted by Crippen LogP contribution is -1.94. The van der Waals surface area contributed by atoms with Crippen LogP contribution in [0.2, 0.25) is 0 Å². The summed E-state index contributed by atoms with van der Waals surface area (Å²) in [6.07, 6.45) is 5.76. The van der Waals surface area contributed by atoms with Gasteiger partial charge in [0.1, 0.15) is 0 Å². The maximum Gasteiger partial charge on any atom is 0.0972 e. The normalized spacial score (nSPS) is 14.2. The van der Waals surface area contributed by atoms with Crippen LogP contribution >= 0.6 is 11.3 Å². The van der Waals surface area contributed by atoms with Gasteiger partial charge in [-0.1, -0.05) is 146 Å². The predicted molar refractivity (Wildman–Crippen MR) is 251 cm³/mol. The number of fused-ring (bicyclic) bond motifs is 12. The second-order valence-corrected chi connectivity index (χ2v) is 17.2. The summed E-state index contributed by atoms with van der Waals surface area (Å²) in [7, 11) is 0. The van der Waals surface area contributed by atoms with Crippen LogP contribution in [0.4, 0.5) is 0 Å². The molecule has 59 heavy (non-hydrogen) atoms. The van der Waals surface area contributed by atoms with E-state index in [4.69, 9.17) is 9.97 Å². The third-order valence-electron chi connectivity index (χ3n) is 12.7. The summed E-state index contributed by atoms with van der Waals surface area (Å²) >= 11 is 1.96. The zero-order valence-corrected chi connectivity index (χ0v) is 33.1. The lowest BCUT2D eigenvalue weighted by Gasteiger charge is -2.12. The number of rotatable bonds is 4. The van der Waals surface area contributed by atoms with Gasteiger partial charge < -0.3 is 4.40 Å². The van der Waals surface area contributed by atoms with Gasteiger partial charge in [-0.05, 0) is 76.6 Å². The summed E-state index contributed by atoms with van der Waals surface area (Å²) in [5, 5.41) is 8.69. The number of benzene rings is 7. The van der Waals surface area contributed by atoms with Crippen LogP contribution in [-0.2, 0) is 0 Å². The lowest BCUT2D eigenvalue weighted by molar-refractivity contribution is 0.791. The molecule has 0 N–H and O–H groups in total. The Balaban J connectivity index is 0.857. The van der Waals surface area contributed by atoms with Gasteiger partial charge in [0.2, 0.25) is 0 Å². The van der Waals surface area contributed by atoms with E-state index in [1.54, 1.807) is 0 Å². The van der Waals surface area contributed by atoms with Crippen molar-refractivity contribution in [2.24, 2.45) is 0 Å². The Labute approximate surface area is 344 Å². The van der Waals surface area contributed by atoms with Crippen molar-refractivity contribution in [2.45, 2.75) is 19.3 Å². The van der Waals surface area contributed by atoms with Crippen LogP contribution in [-0.4, -0.2) is 14.4 Å². The molecule has 13 rings (SSSR count). The molecule has 0 amide bonds. The van der Waals surface area contributed by atoms with Crippen molar-refractivity contribution >= 4 is 87.4 Å². The van der Waals surface area contributed by atoms with Crippen molar-refractivity contribution in [3.05, 3.63) is 180 Å². The second-order valence-electron chi connectivity index (χ2n) is 16.1. The predicted octanol–water partition coefficient (Wildman–Crippen LogP) is 15.3. The summed E-state index contributed by atoms with van der Waals surface area (Å²) in [4.78, 5) is 12.1. The summed E-state index contributed by atoms with van der Waals surface area (Å²) < 4.78 is 3.81. The van der Waals surface area contributed by atoms with Gasteiger partial charge in [0.05, 0.1) is 39.0 Å². The van der Waals surface area contributed by atoms with E-state index in [-0.39, 0.29) is 0 Å². The van der Waals surface area contributed by atoms with Gasteiger partial charge in [-0.3, -0.25) is 0 Å². The van der Waals surface area contributed by atoms with Gasteiger partial charge in [0.25, 0.3) is 0 Å². The monoisotopic (exact) mass is 769 g/mol. The Bertz CT molecular complexity index is 3620. The maximum atomic E-state index is 5.28. The third kappa shape index (κ3) is 4.87. The van der Waals surface area contributed by atoms with Crippen LogP contribution in [0, 0.1) is 0 Å². The van der Waals surface area contributed by atoms with E-state index in [1.807, 2.05) is 11.3 Å². The molecule has 0 aliphatic heterocycles. The molecule has 7 aromatic carbocycles. The Morgan fingerprint density at radius 2 is 1.05 bits per heavy atom. The zero-order valence-electron chi connectivity index (χ0n) is 32.3. The number of thiophene rings is 1. The third-order valence-corrected chi connectivity index (χ3v) is 14.2. The largest absolute Gasteiger partial charge is 0.308 e. The fourth-order valence-corrected chi connectivity index (χ4v) is 11.2. The summed E-state index contributed by atoms with van der Waals surface area (Å²) in [5.41, 5.74) is 16.1. The average Bonchev–Trinajstić information content (AvgIpc) is 3.97. The first-order chi connectivity index (χ1) is 29.1. The van der Waals surface area contributed by atoms with Gasteiger partial charge in [-0.2, -0.15) is 0 Å². The van der Waals surface area contributed by atoms with E-state index in [0.717, 1.165) is 50.7 Å². The molecule has 0 fully saturated rings. The Morgan fingerprint density at radius 1 is 0.508 bits per heavy atom. The highest BCUT2D eigenvalue weighted by molar-refractivity contribution is 7.20. The number of hydrogen-bond acceptors (Lipinski definition) is 3. The first-order valence-electron chi connectivity index (χ1n) is 20.5. The minimum absolute atomic E-state index is 0.567. The fraction of sp³-hybridized carbons (Fsp3) is 0.0545. The number of para-hydroxylation sites is 2. The first kappa shape index (κ1) is 32.9. The average molecular weight is 770 g/mol. The first-order valence-corrected chi connectivity index (χ1v) is 21.3. The molecular weight excluding hydrogens is 735 g/mol. The summed E-state index contributed by atoms with van der Waals surface area (Å²) in [5.74, 6) is 0.567. The minimum Gasteiger partial charge on any atom is -0.308 e. The van der Waals surface area contributed by atoms with Crippen molar-refractivity contribution in [2.75, 3.05) is 0 Å². The molecule has 1 atom stereocenters.